The van der Waals surface area contributed by atoms with E-state index in [0.29, 0.717) is 0 Å². The number of aliphatic carboxylic acids is 1. The van der Waals surface area contributed by atoms with Gasteiger partial charge in [0.05, 0.1) is 6.42 Å². The van der Waals surface area contributed by atoms with Crippen LogP contribution in [0.2, 0.25) is 0 Å². The molecule has 0 spiro atoms. The molecule has 6 heteroatoms. The lowest BCUT2D eigenvalue weighted by atomic mass is 10.1. The minimum atomic E-state index is -0.914. The third-order valence-electron chi connectivity index (χ3n) is 1.54. The molecule has 0 bridgehead atoms. The average molecular weight is 190 g/mol. The van der Waals surface area contributed by atoms with E-state index >= 15 is 0 Å². The molecule has 2 unspecified atom stereocenters. The Morgan fingerprint density at radius 2 is 2.42 bits per heavy atom. The highest BCUT2D eigenvalue weighted by Gasteiger charge is 2.24. The summed E-state index contributed by atoms with van der Waals surface area (Å²) in [5.74, 6) is -1.08. The summed E-state index contributed by atoms with van der Waals surface area (Å²) in [6, 6.07) is -0.307. The van der Waals surface area contributed by atoms with Gasteiger partial charge in [-0.3, -0.25) is 14.9 Å². The van der Waals surface area contributed by atoms with Gasteiger partial charge in [-0.15, -0.1) is 12.6 Å². The molecule has 2 atom stereocenters. The van der Waals surface area contributed by atoms with Gasteiger partial charge in [0, 0.05) is 12.5 Å². The van der Waals surface area contributed by atoms with Crippen LogP contribution in [0.4, 0.5) is 0 Å². The van der Waals surface area contributed by atoms with Gasteiger partial charge in [-0.2, -0.15) is 0 Å². The summed E-state index contributed by atoms with van der Waals surface area (Å²) in [4.78, 5) is 21.2. The van der Waals surface area contributed by atoms with Gasteiger partial charge in [0.1, 0.15) is 5.50 Å². The lowest BCUT2D eigenvalue weighted by Gasteiger charge is -2.27. The number of carbonyl (C=O) groups is 2. The number of hydrogen-bond acceptors (Lipinski definition) is 4. The minimum absolute atomic E-state index is 0.0511. The zero-order valence-corrected chi connectivity index (χ0v) is 7.17. The van der Waals surface area contributed by atoms with Gasteiger partial charge in [-0.1, -0.05) is 0 Å². The second kappa shape index (κ2) is 3.77. The van der Waals surface area contributed by atoms with Crippen molar-refractivity contribution in [1.29, 1.82) is 0 Å². The molecule has 1 saturated heterocycles. The molecule has 3 N–H and O–H groups in total. The molecule has 0 aliphatic carbocycles. The molecule has 12 heavy (non-hydrogen) atoms. The number of carboxylic acid groups (broad SMARTS) is 1. The van der Waals surface area contributed by atoms with Crippen molar-refractivity contribution in [3.8, 4) is 0 Å². The van der Waals surface area contributed by atoms with E-state index < -0.39 is 11.5 Å². The van der Waals surface area contributed by atoms with Crippen LogP contribution in [-0.2, 0) is 9.59 Å². The Morgan fingerprint density at radius 1 is 1.75 bits per heavy atom. The molecule has 1 aliphatic rings. The summed E-state index contributed by atoms with van der Waals surface area (Å²) in [6.07, 6.45) is 0.147. The van der Waals surface area contributed by atoms with Gasteiger partial charge in [0.2, 0.25) is 5.91 Å². The second-order valence-electron chi connectivity index (χ2n) is 2.64. The van der Waals surface area contributed by atoms with Gasteiger partial charge in [-0.25, -0.2) is 0 Å². The molecular weight excluding hydrogens is 180 g/mol. The molecular formula is C6H10N2O3S. The molecule has 0 aromatic heterocycles. The SMILES string of the molecule is O=C(O)CC1CC(=O)NC(S)N1. The Morgan fingerprint density at radius 3 is 2.92 bits per heavy atom. The summed E-state index contributed by atoms with van der Waals surface area (Å²) in [5.41, 5.74) is -0.435. The van der Waals surface area contributed by atoms with Crippen LogP contribution in [0, 0.1) is 0 Å². The van der Waals surface area contributed by atoms with Crippen LogP contribution in [0.5, 0.6) is 0 Å². The summed E-state index contributed by atoms with van der Waals surface area (Å²) >= 11 is 3.97. The maximum absolute atomic E-state index is 10.9. The monoisotopic (exact) mass is 190 g/mol. The number of rotatable bonds is 2. The van der Waals surface area contributed by atoms with Crippen molar-refractivity contribution in [2.75, 3.05) is 0 Å². The van der Waals surface area contributed by atoms with E-state index in [1.165, 1.54) is 0 Å². The Balaban J connectivity index is 2.44. The number of hydrogen-bond donors (Lipinski definition) is 4. The molecule has 0 saturated carbocycles. The fourth-order valence-electron chi connectivity index (χ4n) is 1.10. The summed E-state index contributed by atoms with van der Waals surface area (Å²) < 4.78 is 0. The zero-order chi connectivity index (χ0) is 9.14. The fraction of sp³-hybridized carbons (Fsp3) is 0.667. The van der Waals surface area contributed by atoms with Crippen LogP contribution in [0.3, 0.4) is 0 Å². The highest BCUT2D eigenvalue weighted by Crippen LogP contribution is 2.06. The molecule has 1 rings (SSSR count). The van der Waals surface area contributed by atoms with Crippen molar-refractivity contribution in [2.24, 2.45) is 0 Å². The molecule has 1 amide bonds. The van der Waals surface area contributed by atoms with Gasteiger partial charge in [0.25, 0.3) is 0 Å². The molecule has 0 aromatic rings. The van der Waals surface area contributed by atoms with Crippen molar-refractivity contribution in [3.05, 3.63) is 0 Å². The van der Waals surface area contributed by atoms with Crippen LogP contribution < -0.4 is 10.6 Å². The van der Waals surface area contributed by atoms with Gasteiger partial charge in [-0.05, 0) is 0 Å². The van der Waals surface area contributed by atoms with E-state index in [9.17, 15) is 9.59 Å². The van der Waals surface area contributed by atoms with E-state index in [-0.39, 0.29) is 24.8 Å². The quantitative estimate of drug-likeness (QED) is 0.428. The largest absolute Gasteiger partial charge is 0.481 e. The standard InChI is InChI=1S/C6H10N2O3S/c9-4-1-3(2-5(10)11)7-6(12)8-4/h3,6-7,12H,1-2H2,(H,8,9)(H,10,11). The highest BCUT2D eigenvalue weighted by molar-refractivity contribution is 7.80. The summed E-state index contributed by atoms with van der Waals surface area (Å²) in [6.45, 7) is 0. The maximum Gasteiger partial charge on any atom is 0.304 e. The van der Waals surface area contributed by atoms with Crippen LogP contribution in [-0.4, -0.2) is 28.5 Å². The van der Waals surface area contributed by atoms with Gasteiger partial charge in [0.15, 0.2) is 0 Å². The van der Waals surface area contributed by atoms with Crippen LogP contribution in [0.15, 0.2) is 0 Å². The van der Waals surface area contributed by atoms with Crippen molar-refractivity contribution >= 4 is 24.5 Å². The fourth-order valence-corrected chi connectivity index (χ4v) is 1.46. The normalized spacial score (nSPS) is 29.6. The predicted octanol–water partition coefficient (Wildman–Crippen LogP) is -0.847. The smallest absolute Gasteiger partial charge is 0.304 e. The Kier molecular flexibility index (Phi) is 2.93. The number of thiol groups is 1. The van der Waals surface area contributed by atoms with Crippen LogP contribution in [0.25, 0.3) is 0 Å². The summed E-state index contributed by atoms with van der Waals surface area (Å²) in [7, 11) is 0. The van der Waals surface area contributed by atoms with Gasteiger partial charge >= 0.3 is 5.97 Å². The number of carboxylic acids is 1. The van der Waals surface area contributed by atoms with E-state index in [1.807, 2.05) is 0 Å². The van der Waals surface area contributed by atoms with Crippen molar-refractivity contribution in [3.63, 3.8) is 0 Å². The minimum Gasteiger partial charge on any atom is -0.481 e. The third kappa shape index (κ3) is 2.71. The lowest BCUT2D eigenvalue weighted by Crippen LogP contribution is -2.54. The average Bonchev–Trinajstić information content (AvgIpc) is 1.81. The topological polar surface area (TPSA) is 78.4 Å². The van der Waals surface area contributed by atoms with E-state index in [2.05, 4.69) is 23.3 Å². The van der Waals surface area contributed by atoms with E-state index in [4.69, 9.17) is 5.11 Å². The van der Waals surface area contributed by atoms with E-state index in [0.717, 1.165) is 0 Å². The van der Waals surface area contributed by atoms with E-state index in [1.54, 1.807) is 0 Å². The predicted molar refractivity (Wildman–Crippen MR) is 44.7 cm³/mol. The molecule has 5 nitrogen and oxygen atoms in total. The van der Waals surface area contributed by atoms with Crippen molar-refractivity contribution < 1.29 is 14.7 Å². The van der Waals surface area contributed by atoms with Crippen LogP contribution in [0.1, 0.15) is 12.8 Å². The number of amides is 1. The number of nitrogens with one attached hydrogen (secondary N) is 2. The molecule has 1 aliphatic heterocycles. The van der Waals surface area contributed by atoms with Crippen molar-refractivity contribution in [1.82, 2.24) is 10.6 Å². The van der Waals surface area contributed by atoms with Gasteiger partial charge < -0.3 is 10.4 Å². The highest BCUT2D eigenvalue weighted by atomic mass is 32.1. The first-order valence-electron chi connectivity index (χ1n) is 3.53. The first-order chi connectivity index (χ1) is 5.58. The molecule has 1 fully saturated rings. The Bertz CT molecular complexity index is 207. The zero-order valence-electron chi connectivity index (χ0n) is 6.28. The second-order valence-corrected chi connectivity index (χ2v) is 3.15. The Hall–Kier alpha value is -0.750. The molecule has 0 aromatic carbocycles. The first kappa shape index (κ1) is 9.34. The third-order valence-corrected chi connectivity index (χ3v) is 1.82. The summed E-state index contributed by atoms with van der Waals surface area (Å²) in [5, 5.41) is 13.8. The molecule has 0 radical (unpaired) electrons. The lowest BCUT2D eigenvalue weighted by molar-refractivity contribution is -0.138. The first-order valence-corrected chi connectivity index (χ1v) is 4.05. The Labute approximate surface area is 74.9 Å². The molecule has 1 heterocycles. The number of carbonyl (C=O) groups excluding carboxylic acids is 1. The van der Waals surface area contributed by atoms with Crippen molar-refractivity contribution in [2.45, 2.75) is 24.4 Å². The molecule has 68 valence electrons. The van der Waals surface area contributed by atoms with Crippen LogP contribution >= 0.6 is 12.6 Å². The maximum atomic E-state index is 10.9.